The molecule has 0 radical (unpaired) electrons. The SMILES string of the molecule is C=C(CC1CCCC(C)(C)O1)Nc1nc2cccnc2n1C1CCC1. The highest BCUT2D eigenvalue weighted by molar-refractivity contribution is 5.75. The molecule has 1 unspecified atom stereocenters. The van der Waals surface area contributed by atoms with Crippen molar-refractivity contribution in [2.45, 2.75) is 76.5 Å². The number of nitrogens with one attached hydrogen (secondary N) is 1. The summed E-state index contributed by atoms with van der Waals surface area (Å²) in [7, 11) is 0. The number of imidazole rings is 1. The van der Waals surface area contributed by atoms with Gasteiger partial charge >= 0.3 is 0 Å². The maximum atomic E-state index is 6.21. The zero-order chi connectivity index (χ0) is 17.4. The Kier molecular flexibility index (Phi) is 4.28. The predicted molar refractivity (Wildman–Crippen MR) is 101 cm³/mol. The number of hydrogen-bond donors (Lipinski definition) is 1. The van der Waals surface area contributed by atoms with Gasteiger partial charge in [-0.3, -0.25) is 4.57 Å². The summed E-state index contributed by atoms with van der Waals surface area (Å²) in [5.41, 5.74) is 2.86. The molecule has 1 saturated heterocycles. The van der Waals surface area contributed by atoms with Gasteiger partial charge in [-0.1, -0.05) is 6.58 Å². The van der Waals surface area contributed by atoms with Crippen LogP contribution in [0.25, 0.3) is 11.2 Å². The van der Waals surface area contributed by atoms with E-state index in [0.29, 0.717) is 6.04 Å². The fraction of sp³-hybridized carbons (Fsp3) is 0.600. The van der Waals surface area contributed by atoms with E-state index in [4.69, 9.17) is 9.72 Å². The first kappa shape index (κ1) is 16.6. The van der Waals surface area contributed by atoms with Crippen LogP contribution in [-0.4, -0.2) is 26.2 Å². The molecule has 134 valence electrons. The molecular formula is C20H28N4O. The largest absolute Gasteiger partial charge is 0.372 e. The highest BCUT2D eigenvalue weighted by Crippen LogP contribution is 2.37. The first-order valence-corrected chi connectivity index (χ1v) is 9.47. The zero-order valence-corrected chi connectivity index (χ0v) is 15.3. The highest BCUT2D eigenvalue weighted by Gasteiger charge is 2.29. The molecule has 25 heavy (non-hydrogen) atoms. The Balaban J connectivity index is 1.51. The first-order valence-electron chi connectivity index (χ1n) is 9.47. The van der Waals surface area contributed by atoms with Crippen LogP contribution >= 0.6 is 0 Å². The molecular weight excluding hydrogens is 312 g/mol. The Morgan fingerprint density at radius 3 is 2.92 bits per heavy atom. The van der Waals surface area contributed by atoms with Gasteiger partial charge in [0, 0.05) is 24.4 Å². The van der Waals surface area contributed by atoms with E-state index in [1.165, 1.54) is 25.7 Å². The van der Waals surface area contributed by atoms with Crippen molar-refractivity contribution in [1.82, 2.24) is 14.5 Å². The maximum Gasteiger partial charge on any atom is 0.209 e. The van der Waals surface area contributed by atoms with Crippen molar-refractivity contribution >= 4 is 17.1 Å². The van der Waals surface area contributed by atoms with Crippen molar-refractivity contribution in [3.05, 3.63) is 30.6 Å². The van der Waals surface area contributed by atoms with Crippen molar-refractivity contribution < 1.29 is 4.74 Å². The van der Waals surface area contributed by atoms with E-state index in [1.807, 2.05) is 18.3 Å². The molecule has 1 N–H and O–H groups in total. The molecule has 2 aliphatic rings. The molecule has 2 fully saturated rings. The lowest BCUT2D eigenvalue weighted by Gasteiger charge is -2.36. The molecule has 0 spiro atoms. The third-order valence-corrected chi connectivity index (χ3v) is 5.44. The molecule has 1 aliphatic carbocycles. The van der Waals surface area contributed by atoms with Gasteiger partial charge in [-0.25, -0.2) is 9.97 Å². The summed E-state index contributed by atoms with van der Waals surface area (Å²) in [5, 5.41) is 3.46. The van der Waals surface area contributed by atoms with Gasteiger partial charge in [0.1, 0.15) is 5.52 Å². The summed E-state index contributed by atoms with van der Waals surface area (Å²) < 4.78 is 8.47. The van der Waals surface area contributed by atoms with E-state index in [-0.39, 0.29) is 11.7 Å². The average Bonchev–Trinajstić information content (AvgIpc) is 2.83. The van der Waals surface area contributed by atoms with Gasteiger partial charge in [0.25, 0.3) is 0 Å². The summed E-state index contributed by atoms with van der Waals surface area (Å²) in [4.78, 5) is 9.32. The van der Waals surface area contributed by atoms with Crippen LogP contribution in [0.5, 0.6) is 0 Å². The van der Waals surface area contributed by atoms with Gasteiger partial charge in [-0.2, -0.15) is 0 Å². The van der Waals surface area contributed by atoms with Crippen LogP contribution in [0.3, 0.4) is 0 Å². The Hall–Kier alpha value is -1.88. The van der Waals surface area contributed by atoms with E-state index in [9.17, 15) is 0 Å². The van der Waals surface area contributed by atoms with Crippen molar-refractivity contribution in [3.8, 4) is 0 Å². The van der Waals surface area contributed by atoms with Crippen molar-refractivity contribution in [2.24, 2.45) is 0 Å². The lowest BCUT2D eigenvalue weighted by Crippen LogP contribution is -2.35. The van der Waals surface area contributed by atoms with Crippen molar-refractivity contribution in [2.75, 3.05) is 5.32 Å². The monoisotopic (exact) mass is 340 g/mol. The average molecular weight is 340 g/mol. The number of ether oxygens (including phenoxy) is 1. The molecule has 5 heteroatoms. The van der Waals surface area contributed by atoms with E-state index < -0.39 is 0 Å². The predicted octanol–water partition coefficient (Wildman–Crippen LogP) is 4.82. The Morgan fingerprint density at radius 2 is 2.20 bits per heavy atom. The van der Waals surface area contributed by atoms with E-state index in [2.05, 4.69) is 35.3 Å². The summed E-state index contributed by atoms with van der Waals surface area (Å²) in [6.07, 6.45) is 10.0. The van der Waals surface area contributed by atoms with Crippen LogP contribution in [0.2, 0.25) is 0 Å². The second kappa shape index (κ2) is 6.45. The molecule has 4 rings (SSSR count). The lowest BCUT2D eigenvalue weighted by molar-refractivity contribution is -0.105. The van der Waals surface area contributed by atoms with Gasteiger partial charge in [0.05, 0.1) is 11.7 Å². The molecule has 3 heterocycles. The van der Waals surface area contributed by atoms with E-state index >= 15 is 0 Å². The molecule has 2 aromatic rings. The third-order valence-electron chi connectivity index (χ3n) is 5.44. The minimum atomic E-state index is -0.0216. The Labute approximate surface area is 149 Å². The summed E-state index contributed by atoms with van der Waals surface area (Å²) in [5.74, 6) is 0.874. The van der Waals surface area contributed by atoms with Gasteiger partial charge in [-0.15, -0.1) is 0 Å². The summed E-state index contributed by atoms with van der Waals surface area (Å²) in [6.45, 7) is 8.60. The number of anilines is 1. The van der Waals surface area contributed by atoms with Crippen LogP contribution in [0.4, 0.5) is 5.95 Å². The molecule has 1 aliphatic heterocycles. The van der Waals surface area contributed by atoms with E-state index in [1.54, 1.807) is 0 Å². The smallest absolute Gasteiger partial charge is 0.209 e. The highest BCUT2D eigenvalue weighted by atomic mass is 16.5. The fourth-order valence-electron chi connectivity index (χ4n) is 3.96. The maximum absolute atomic E-state index is 6.21. The third kappa shape index (κ3) is 3.43. The fourth-order valence-corrected chi connectivity index (χ4v) is 3.96. The molecule has 0 amide bonds. The van der Waals surface area contributed by atoms with Crippen LogP contribution in [-0.2, 0) is 4.74 Å². The van der Waals surface area contributed by atoms with Crippen molar-refractivity contribution in [1.29, 1.82) is 0 Å². The van der Waals surface area contributed by atoms with Crippen LogP contribution < -0.4 is 5.32 Å². The number of aromatic nitrogens is 3. The van der Waals surface area contributed by atoms with Crippen LogP contribution in [0.1, 0.15) is 64.8 Å². The van der Waals surface area contributed by atoms with Crippen molar-refractivity contribution in [3.63, 3.8) is 0 Å². The minimum absolute atomic E-state index is 0.0216. The summed E-state index contributed by atoms with van der Waals surface area (Å²) in [6, 6.07) is 4.47. The van der Waals surface area contributed by atoms with Gasteiger partial charge < -0.3 is 10.1 Å². The van der Waals surface area contributed by atoms with Gasteiger partial charge in [0.2, 0.25) is 5.95 Å². The second-order valence-corrected chi connectivity index (χ2v) is 8.06. The normalized spacial score (nSPS) is 23.4. The lowest BCUT2D eigenvalue weighted by atomic mass is 9.93. The quantitative estimate of drug-likeness (QED) is 0.848. The molecule has 2 aromatic heterocycles. The zero-order valence-electron chi connectivity index (χ0n) is 15.3. The van der Waals surface area contributed by atoms with Gasteiger partial charge in [-0.05, 0) is 64.5 Å². The number of nitrogens with zero attached hydrogens (tertiary/aromatic N) is 3. The molecule has 0 aromatic carbocycles. The Bertz CT molecular complexity index is 775. The number of rotatable bonds is 5. The first-order chi connectivity index (χ1) is 12.0. The standard InChI is InChI=1S/C20H28N4O/c1-14(13-16-9-5-11-20(2,3)25-16)22-19-23-17-10-6-12-21-18(17)24(19)15-7-4-8-15/h6,10,12,15-16H,1,4-5,7-9,11,13H2,2-3H3,(H,22,23). The molecule has 0 bridgehead atoms. The minimum Gasteiger partial charge on any atom is -0.372 e. The number of fused-ring (bicyclic) bond motifs is 1. The molecule has 1 saturated carbocycles. The molecule has 1 atom stereocenters. The van der Waals surface area contributed by atoms with Crippen LogP contribution in [0.15, 0.2) is 30.6 Å². The van der Waals surface area contributed by atoms with Crippen LogP contribution in [0, 0.1) is 0 Å². The Morgan fingerprint density at radius 1 is 1.36 bits per heavy atom. The topological polar surface area (TPSA) is 52.0 Å². The van der Waals surface area contributed by atoms with E-state index in [0.717, 1.165) is 42.1 Å². The number of hydrogen-bond acceptors (Lipinski definition) is 4. The number of pyridine rings is 1. The molecule has 5 nitrogen and oxygen atoms in total. The summed E-state index contributed by atoms with van der Waals surface area (Å²) >= 11 is 0. The van der Waals surface area contributed by atoms with Gasteiger partial charge in [0.15, 0.2) is 5.65 Å². The second-order valence-electron chi connectivity index (χ2n) is 8.06.